The summed E-state index contributed by atoms with van der Waals surface area (Å²) in [5, 5.41) is 3.49. The lowest BCUT2D eigenvalue weighted by molar-refractivity contribution is -0.113. The fourth-order valence-corrected chi connectivity index (χ4v) is 4.30. The Bertz CT molecular complexity index is 1380. The summed E-state index contributed by atoms with van der Waals surface area (Å²) >= 11 is 1.14. The molecule has 1 aromatic heterocycles. The maximum absolute atomic E-state index is 14.1. The Morgan fingerprint density at radius 2 is 1.82 bits per heavy atom. The van der Waals surface area contributed by atoms with Gasteiger partial charge in [0, 0.05) is 0 Å². The van der Waals surface area contributed by atoms with Crippen LogP contribution in [-0.4, -0.2) is 21.2 Å². The number of halogens is 1. The molecule has 1 N–H and O–H groups in total. The maximum Gasteiger partial charge on any atom is 0.266 e. The van der Waals surface area contributed by atoms with Gasteiger partial charge < -0.3 is 5.32 Å². The van der Waals surface area contributed by atoms with Crippen LogP contribution in [0, 0.1) is 12.7 Å². The van der Waals surface area contributed by atoms with E-state index in [1.807, 2.05) is 30.3 Å². The van der Waals surface area contributed by atoms with Crippen LogP contribution in [-0.2, 0) is 4.79 Å². The minimum atomic E-state index is -0.487. The number of rotatable bonds is 6. The SMILES string of the molecule is Cc1ccc(NC(=O)CSc2nc3ccccc3c(=O)n2-c2ccc(C(C)C)cc2)c(F)c1. The van der Waals surface area contributed by atoms with Gasteiger partial charge in [-0.05, 0) is 60.4 Å². The fraction of sp³-hybridized carbons (Fsp3) is 0.192. The number of hydrogen-bond acceptors (Lipinski definition) is 4. The van der Waals surface area contributed by atoms with Crippen molar-refractivity contribution in [3.63, 3.8) is 0 Å². The molecular weight excluding hydrogens is 437 g/mol. The number of nitrogens with one attached hydrogen (secondary N) is 1. The van der Waals surface area contributed by atoms with E-state index in [4.69, 9.17) is 0 Å². The molecule has 0 saturated heterocycles. The molecule has 0 aliphatic rings. The molecule has 4 rings (SSSR count). The second-order valence-electron chi connectivity index (χ2n) is 8.12. The van der Waals surface area contributed by atoms with E-state index in [-0.39, 0.29) is 22.9 Å². The highest BCUT2D eigenvalue weighted by Gasteiger charge is 2.16. The van der Waals surface area contributed by atoms with Crippen LogP contribution in [0.4, 0.5) is 10.1 Å². The van der Waals surface area contributed by atoms with E-state index >= 15 is 0 Å². The number of amides is 1. The summed E-state index contributed by atoms with van der Waals surface area (Å²) in [6.07, 6.45) is 0. The Labute approximate surface area is 195 Å². The largest absolute Gasteiger partial charge is 0.323 e. The third-order valence-corrected chi connectivity index (χ3v) is 6.23. The number of carbonyl (C=O) groups excluding carboxylic acids is 1. The van der Waals surface area contributed by atoms with Gasteiger partial charge in [0.15, 0.2) is 5.16 Å². The topological polar surface area (TPSA) is 64.0 Å². The van der Waals surface area contributed by atoms with E-state index in [1.165, 1.54) is 16.7 Å². The average Bonchev–Trinajstić information content (AvgIpc) is 2.80. The van der Waals surface area contributed by atoms with Crippen molar-refractivity contribution in [2.24, 2.45) is 0 Å². The zero-order valence-corrected chi connectivity index (χ0v) is 19.4. The Morgan fingerprint density at radius 3 is 2.52 bits per heavy atom. The predicted octanol–water partition coefficient (Wildman–Crippen LogP) is 5.69. The minimum Gasteiger partial charge on any atom is -0.323 e. The third-order valence-electron chi connectivity index (χ3n) is 5.29. The second kappa shape index (κ2) is 9.58. The van der Waals surface area contributed by atoms with Gasteiger partial charge in [0.05, 0.1) is 28.0 Å². The number of nitrogens with zero attached hydrogens (tertiary/aromatic N) is 2. The second-order valence-corrected chi connectivity index (χ2v) is 9.06. The van der Waals surface area contributed by atoms with Crippen molar-refractivity contribution in [2.75, 3.05) is 11.1 Å². The summed E-state index contributed by atoms with van der Waals surface area (Å²) < 4.78 is 15.6. The number of thioether (sulfide) groups is 1. The molecule has 3 aromatic carbocycles. The van der Waals surface area contributed by atoms with Gasteiger partial charge in [-0.15, -0.1) is 0 Å². The Kier molecular flexibility index (Phi) is 6.60. The lowest BCUT2D eigenvalue weighted by Crippen LogP contribution is -2.23. The summed E-state index contributed by atoms with van der Waals surface area (Å²) in [5.41, 5.74) is 3.09. The molecule has 1 heterocycles. The monoisotopic (exact) mass is 461 g/mol. The first-order chi connectivity index (χ1) is 15.8. The molecule has 0 spiro atoms. The summed E-state index contributed by atoms with van der Waals surface area (Å²) in [7, 11) is 0. The van der Waals surface area contributed by atoms with Crippen LogP contribution in [0.5, 0.6) is 0 Å². The number of aryl methyl sites for hydroxylation is 1. The van der Waals surface area contributed by atoms with Crippen molar-refractivity contribution in [2.45, 2.75) is 31.8 Å². The third kappa shape index (κ3) is 4.98. The lowest BCUT2D eigenvalue weighted by Gasteiger charge is -2.14. The molecule has 33 heavy (non-hydrogen) atoms. The van der Waals surface area contributed by atoms with Crippen LogP contribution >= 0.6 is 11.8 Å². The van der Waals surface area contributed by atoms with Crippen LogP contribution in [0.1, 0.15) is 30.9 Å². The van der Waals surface area contributed by atoms with Crippen LogP contribution in [0.2, 0.25) is 0 Å². The number of aromatic nitrogens is 2. The average molecular weight is 462 g/mol. The molecule has 4 aromatic rings. The number of benzene rings is 3. The Hall–Kier alpha value is -3.45. The highest BCUT2D eigenvalue weighted by Crippen LogP contribution is 2.24. The molecule has 168 valence electrons. The van der Waals surface area contributed by atoms with E-state index in [2.05, 4.69) is 24.1 Å². The van der Waals surface area contributed by atoms with Crippen LogP contribution < -0.4 is 10.9 Å². The van der Waals surface area contributed by atoms with E-state index < -0.39 is 5.82 Å². The van der Waals surface area contributed by atoms with Crippen LogP contribution in [0.3, 0.4) is 0 Å². The Morgan fingerprint density at radius 1 is 1.09 bits per heavy atom. The van der Waals surface area contributed by atoms with Crippen LogP contribution in [0.25, 0.3) is 16.6 Å². The van der Waals surface area contributed by atoms with E-state index in [0.717, 1.165) is 22.9 Å². The van der Waals surface area contributed by atoms with Gasteiger partial charge in [-0.3, -0.25) is 14.2 Å². The number of anilines is 1. The quantitative estimate of drug-likeness (QED) is 0.296. The smallest absolute Gasteiger partial charge is 0.266 e. The summed E-state index contributed by atoms with van der Waals surface area (Å²) in [6.45, 7) is 5.99. The highest BCUT2D eigenvalue weighted by molar-refractivity contribution is 7.99. The molecule has 0 aliphatic heterocycles. The first-order valence-corrected chi connectivity index (χ1v) is 11.6. The molecule has 1 amide bonds. The molecular formula is C26H24FN3O2S. The zero-order chi connectivity index (χ0) is 23.5. The van der Waals surface area contributed by atoms with Crippen molar-refractivity contribution < 1.29 is 9.18 Å². The van der Waals surface area contributed by atoms with E-state index in [1.54, 1.807) is 31.2 Å². The van der Waals surface area contributed by atoms with Gasteiger partial charge in [0.1, 0.15) is 5.82 Å². The van der Waals surface area contributed by atoms with Crippen molar-refractivity contribution in [3.05, 3.63) is 94.0 Å². The van der Waals surface area contributed by atoms with Crippen molar-refractivity contribution in [3.8, 4) is 5.69 Å². The molecule has 0 fully saturated rings. The predicted molar refractivity (Wildman–Crippen MR) is 132 cm³/mol. The number of hydrogen-bond donors (Lipinski definition) is 1. The van der Waals surface area contributed by atoms with E-state index in [0.29, 0.717) is 27.7 Å². The molecule has 0 saturated carbocycles. The molecule has 0 aliphatic carbocycles. The lowest BCUT2D eigenvalue weighted by atomic mass is 10.0. The summed E-state index contributed by atoms with van der Waals surface area (Å²) in [5.74, 6) is -0.529. The van der Waals surface area contributed by atoms with Crippen molar-refractivity contribution in [1.82, 2.24) is 9.55 Å². The molecule has 5 nitrogen and oxygen atoms in total. The standard InChI is InChI=1S/C26H24FN3O2S/c1-16(2)18-9-11-19(12-10-18)30-25(32)20-6-4-5-7-22(20)29-26(30)33-15-24(31)28-23-13-8-17(3)14-21(23)27/h4-14,16H,15H2,1-3H3,(H,28,31). The van der Waals surface area contributed by atoms with Gasteiger partial charge in [0.25, 0.3) is 5.56 Å². The molecule has 0 radical (unpaired) electrons. The first kappa shape index (κ1) is 22.7. The molecule has 0 atom stereocenters. The zero-order valence-electron chi connectivity index (χ0n) is 18.6. The molecule has 0 unspecified atom stereocenters. The summed E-state index contributed by atoms with van der Waals surface area (Å²) in [4.78, 5) is 30.5. The first-order valence-electron chi connectivity index (χ1n) is 10.6. The number of carbonyl (C=O) groups is 1. The molecule has 7 heteroatoms. The number of fused-ring (bicyclic) bond motifs is 1. The van der Waals surface area contributed by atoms with Gasteiger partial charge >= 0.3 is 0 Å². The van der Waals surface area contributed by atoms with Gasteiger partial charge in [-0.25, -0.2) is 9.37 Å². The van der Waals surface area contributed by atoms with Gasteiger partial charge in [-0.2, -0.15) is 0 Å². The normalized spacial score (nSPS) is 11.2. The van der Waals surface area contributed by atoms with Gasteiger partial charge in [-0.1, -0.05) is 55.9 Å². The Balaban J connectivity index is 1.66. The van der Waals surface area contributed by atoms with Crippen molar-refractivity contribution >= 4 is 34.3 Å². The van der Waals surface area contributed by atoms with Crippen LogP contribution in [0.15, 0.2) is 76.7 Å². The highest BCUT2D eigenvalue weighted by atomic mass is 32.2. The van der Waals surface area contributed by atoms with Gasteiger partial charge in [0.2, 0.25) is 5.91 Å². The van der Waals surface area contributed by atoms with Crippen molar-refractivity contribution in [1.29, 1.82) is 0 Å². The van der Waals surface area contributed by atoms with E-state index in [9.17, 15) is 14.0 Å². The number of para-hydroxylation sites is 1. The maximum atomic E-state index is 14.1. The minimum absolute atomic E-state index is 0.0256. The fourth-order valence-electron chi connectivity index (χ4n) is 3.48. The molecule has 0 bridgehead atoms. The summed E-state index contributed by atoms with van der Waals surface area (Å²) in [6, 6.07) is 19.5.